The lowest BCUT2D eigenvalue weighted by molar-refractivity contribution is 1.63. The molecular weight excluding hydrogens is 937 g/mol. The van der Waals surface area contributed by atoms with Crippen molar-refractivity contribution in [3.05, 3.63) is 315 Å². The van der Waals surface area contributed by atoms with E-state index < -0.39 is 0 Å². The fourth-order valence-corrected chi connectivity index (χ4v) is 12.3. The molecule has 0 nitrogen and oxygen atoms in total. The fourth-order valence-electron chi connectivity index (χ4n) is 12.3. The number of hydrogen-bond acceptors (Lipinski definition) is 0. The first-order valence-electron chi connectivity index (χ1n) is 27.0. The number of rotatable bonds is 7. The van der Waals surface area contributed by atoms with E-state index in [1.165, 1.54) is 143 Å². The van der Waals surface area contributed by atoms with Crippen LogP contribution in [0, 0.1) is 0 Å². The van der Waals surface area contributed by atoms with Crippen molar-refractivity contribution in [1.29, 1.82) is 0 Å². The molecule has 15 aromatic rings. The Labute approximate surface area is 455 Å². The van der Waals surface area contributed by atoms with Crippen LogP contribution in [-0.4, -0.2) is 0 Å². The van der Waals surface area contributed by atoms with E-state index in [1.54, 1.807) is 0 Å². The number of hydrogen-bond donors (Lipinski definition) is 0. The molecule has 0 heteroatoms. The van der Waals surface area contributed by atoms with Gasteiger partial charge in [0.25, 0.3) is 0 Å². The van der Waals surface area contributed by atoms with E-state index in [9.17, 15) is 0 Å². The zero-order valence-electron chi connectivity index (χ0n) is 43.0. The molecule has 0 aromatic heterocycles. The Morgan fingerprint density at radius 1 is 0.128 bits per heavy atom. The van der Waals surface area contributed by atoms with Gasteiger partial charge in [-0.3, -0.25) is 0 Å². The molecule has 15 aromatic carbocycles. The summed E-state index contributed by atoms with van der Waals surface area (Å²) in [5.74, 6) is 0. The first kappa shape index (κ1) is 46.4. The predicted octanol–water partition coefficient (Wildman–Crippen LogP) is 22.0. The molecule has 0 saturated heterocycles. The molecule has 0 heterocycles. The summed E-state index contributed by atoms with van der Waals surface area (Å²) in [4.78, 5) is 0. The van der Waals surface area contributed by atoms with Crippen LogP contribution in [-0.2, 0) is 0 Å². The third-order valence-electron chi connectivity index (χ3n) is 15.7. The molecule has 364 valence electrons. The Bertz CT molecular complexity index is 4670. The summed E-state index contributed by atoms with van der Waals surface area (Å²) in [6.07, 6.45) is 0. The van der Waals surface area contributed by atoms with Crippen LogP contribution in [0.5, 0.6) is 0 Å². The predicted molar refractivity (Wildman–Crippen MR) is 336 cm³/mol. The normalized spacial score (nSPS) is 11.3. The van der Waals surface area contributed by atoms with Gasteiger partial charge in [-0.25, -0.2) is 0 Å². The fraction of sp³-hybridized carbons (Fsp3) is 0. The minimum Gasteiger partial charge on any atom is -0.0622 e. The molecular formula is C78H52. The van der Waals surface area contributed by atoms with Crippen molar-refractivity contribution in [3.63, 3.8) is 0 Å². The lowest BCUT2D eigenvalue weighted by Crippen LogP contribution is -1.92. The van der Waals surface area contributed by atoms with Crippen LogP contribution in [0.25, 0.3) is 143 Å². The summed E-state index contributed by atoms with van der Waals surface area (Å²) in [6, 6.07) is 114. The van der Waals surface area contributed by atoms with Crippen molar-refractivity contribution >= 4 is 64.6 Å². The minimum atomic E-state index is 1.23. The van der Waals surface area contributed by atoms with Gasteiger partial charge in [0.05, 0.1) is 0 Å². The van der Waals surface area contributed by atoms with Gasteiger partial charge in [0, 0.05) is 0 Å². The van der Waals surface area contributed by atoms with Crippen LogP contribution in [0.3, 0.4) is 0 Å². The average molecular weight is 989 g/mol. The molecule has 15 rings (SSSR count). The van der Waals surface area contributed by atoms with Crippen molar-refractivity contribution in [2.24, 2.45) is 0 Å². The maximum absolute atomic E-state index is 2.42. The Hall–Kier alpha value is -10.1. The largest absolute Gasteiger partial charge is 0.0622 e. The highest BCUT2D eigenvalue weighted by Gasteiger charge is 2.20. The Morgan fingerprint density at radius 2 is 0.397 bits per heavy atom. The van der Waals surface area contributed by atoms with Crippen molar-refractivity contribution in [3.8, 4) is 77.9 Å². The zero-order valence-corrected chi connectivity index (χ0v) is 43.0. The summed E-state index contributed by atoms with van der Waals surface area (Å²) in [6.45, 7) is 0. The van der Waals surface area contributed by atoms with Gasteiger partial charge in [0.15, 0.2) is 0 Å². The first-order chi connectivity index (χ1) is 38.7. The lowest BCUT2D eigenvalue weighted by atomic mass is 9.84. The molecule has 0 N–H and O–H groups in total. The van der Waals surface area contributed by atoms with E-state index in [0.29, 0.717) is 0 Å². The Morgan fingerprint density at radius 3 is 0.795 bits per heavy atom. The molecule has 0 aliphatic rings. The second-order valence-electron chi connectivity index (χ2n) is 20.2. The molecule has 0 saturated carbocycles. The van der Waals surface area contributed by atoms with Crippen molar-refractivity contribution in [2.45, 2.75) is 0 Å². The van der Waals surface area contributed by atoms with Gasteiger partial charge in [0.2, 0.25) is 0 Å². The number of benzene rings is 15. The van der Waals surface area contributed by atoms with E-state index in [-0.39, 0.29) is 0 Å². The summed E-state index contributed by atoms with van der Waals surface area (Å²) >= 11 is 0. The average Bonchev–Trinajstić information content (AvgIpc) is 3.71. The molecule has 0 aliphatic carbocycles. The van der Waals surface area contributed by atoms with E-state index in [4.69, 9.17) is 0 Å². The summed E-state index contributed by atoms with van der Waals surface area (Å²) in [7, 11) is 0. The SMILES string of the molecule is c1ccc(-c2c3ccccc3c(-c3ccccc3)c3cc(-c4cccc5ccccc45)ccc23)cc1.c1ccc(-c2ccc(-c3ccc4c(-c5ccccc5)c5ccccc5c(-c5ccccc5)c4c3)c3ccccc23)cc1. The Kier molecular flexibility index (Phi) is 12.0. The van der Waals surface area contributed by atoms with E-state index in [2.05, 4.69) is 315 Å². The van der Waals surface area contributed by atoms with Crippen molar-refractivity contribution in [1.82, 2.24) is 0 Å². The Balaban J connectivity index is 0.000000143. The monoisotopic (exact) mass is 988 g/mol. The van der Waals surface area contributed by atoms with Crippen LogP contribution in [0.4, 0.5) is 0 Å². The standard InChI is InChI=1S/C42H28.C36H24/c1-4-14-29(15-5-1)33-26-27-34(36-21-11-10-20-35(33)36)32-24-25-39-40(28-32)42(31-18-8-3-9-19-31)38-23-13-12-22-37(38)41(39)30-16-6-2-7-17-30;1-3-13-26(14-4-1)35-31-19-9-10-20-32(31)36(27-15-5-2-6-16-27)34-24-28(22-23-33(34)35)30-21-11-17-25-12-7-8-18-29(25)30/h1-28H;1-24H. The highest BCUT2D eigenvalue weighted by molar-refractivity contribution is 6.24. The van der Waals surface area contributed by atoms with Crippen LogP contribution in [0.1, 0.15) is 0 Å². The maximum Gasteiger partial charge on any atom is -0.00262 e. The lowest BCUT2D eigenvalue weighted by Gasteiger charge is -2.19. The zero-order chi connectivity index (χ0) is 51.8. The molecule has 78 heavy (non-hydrogen) atoms. The van der Waals surface area contributed by atoms with Gasteiger partial charge in [-0.1, -0.05) is 303 Å². The first-order valence-corrected chi connectivity index (χ1v) is 27.0. The molecule has 0 amide bonds. The summed E-state index contributed by atoms with van der Waals surface area (Å²) in [5, 5.41) is 15.3. The van der Waals surface area contributed by atoms with Gasteiger partial charge in [-0.15, -0.1) is 0 Å². The van der Waals surface area contributed by atoms with E-state index >= 15 is 0 Å². The van der Waals surface area contributed by atoms with E-state index in [1.807, 2.05) is 0 Å². The third kappa shape index (κ3) is 8.29. The summed E-state index contributed by atoms with van der Waals surface area (Å²) in [5.41, 5.74) is 17.6. The topological polar surface area (TPSA) is 0 Å². The molecule has 0 spiro atoms. The van der Waals surface area contributed by atoms with Crippen molar-refractivity contribution in [2.75, 3.05) is 0 Å². The second kappa shape index (κ2) is 20.2. The van der Waals surface area contributed by atoms with Gasteiger partial charge in [0.1, 0.15) is 0 Å². The highest BCUT2D eigenvalue weighted by Crippen LogP contribution is 2.48. The highest BCUT2D eigenvalue weighted by atomic mass is 14.2. The summed E-state index contributed by atoms with van der Waals surface area (Å²) < 4.78 is 0. The van der Waals surface area contributed by atoms with Gasteiger partial charge in [-0.05, 0) is 155 Å². The van der Waals surface area contributed by atoms with Gasteiger partial charge in [-0.2, -0.15) is 0 Å². The quantitative estimate of drug-likeness (QED) is 0.140. The maximum atomic E-state index is 2.42. The van der Waals surface area contributed by atoms with Crippen LogP contribution in [0.2, 0.25) is 0 Å². The smallest absolute Gasteiger partial charge is 0.00262 e. The number of fused-ring (bicyclic) bond motifs is 6. The molecule has 0 radical (unpaired) electrons. The molecule has 0 bridgehead atoms. The minimum absolute atomic E-state index is 1.23. The van der Waals surface area contributed by atoms with Crippen LogP contribution >= 0.6 is 0 Å². The molecule has 0 aliphatic heterocycles. The molecule has 0 fully saturated rings. The van der Waals surface area contributed by atoms with Crippen LogP contribution < -0.4 is 0 Å². The van der Waals surface area contributed by atoms with E-state index in [0.717, 1.165) is 0 Å². The molecule has 0 unspecified atom stereocenters. The second-order valence-corrected chi connectivity index (χ2v) is 20.2. The van der Waals surface area contributed by atoms with Crippen LogP contribution in [0.15, 0.2) is 315 Å². The van der Waals surface area contributed by atoms with Crippen molar-refractivity contribution < 1.29 is 0 Å². The third-order valence-corrected chi connectivity index (χ3v) is 15.7. The van der Waals surface area contributed by atoms with Gasteiger partial charge < -0.3 is 0 Å². The van der Waals surface area contributed by atoms with Gasteiger partial charge >= 0.3 is 0 Å². The molecule has 0 atom stereocenters.